The summed E-state index contributed by atoms with van der Waals surface area (Å²) in [4.78, 5) is 0. The van der Waals surface area contributed by atoms with Gasteiger partial charge in [-0.25, -0.2) is 8.78 Å². The molecule has 0 unspecified atom stereocenters. The topological polar surface area (TPSA) is 0 Å². The Balaban J connectivity index is 1.67. The van der Waals surface area contributed by atoms with Crippen molar-refractivity contribution in [3.63, 3.8) is 0 Å². The van der Waals surface area contributed by atoms with Crippen LogP contribution in [0.2, 0.25) is 0 Å². The van der Waals surface area contributed by atoms with Gasteiger partial charge >= 0.3 is 0 Å². The minimum atomic E-state index is -0.315. The quantitative estimate of drug-likeness (QED) is 0.349. The van der Waals surface area contributed by atoms with Crippen molar-refractivity contribution in [3.05, 3.63) is 108 Å². The maximum absolute atomic E-state index is 14.7. The number of halogens is 2. The standard InChI is InChI=1S/C26H20F2/c1-17-3-7-19(8-4-17)23-13-11-21(15-25(23)27)22-12-14-24(26(28)16-22)20-9-5-18(2)6-10-20/h3-16H,1-2H3. The van der Waals surface area contributed by atoms with E-state index in [9.17, 15) is 8.78 Å². The normalized spacial score (nSPS) is 10.9. The molecule has 0 atom stereocenters. The number of rotatable bonds is 3. The molecule has 0 heterocycles. The lowest BCUT2D eigenvalue weighted by molar-refractivity contribution is 0.629. The highest BCUT2D eigenvalue weighted by atomic mass is 19.1. The SMILES string of the molecule is Cc1ccc(-c2ccc(-c3ccc(-c4ccc(C)cc4)c(F)c3)cc2F)cc1. The molecule has 28 heavy (non-hydrogen) atoms. The van der Waals surface area contributed by atoms with Crippen LogP contribution in [-0.4, -0.2) is 0 Å². The summed E-state index contributed by atoms with van der Waals surface area (Å²) in [5.41, 5.74) is 6.31. The predicted octanol–water partition coefficient (Wildman–Crippen LogP) is 7.58. The van der Waals surface area contributed by atoms with Crippen LogP contribution in [0.5, 0.6) is 0 Å². The molecule has 4 rings (SSSR count). The Labute approximate surface area is 164 Å². The minimum absolute atomic E-state index is 0.315. The van der Waals surface area contributed by atoms with Crippen LogP contribution < -0.4 is 0 Å². The monoisotopic (exact) mass is 370 g/mol. The van der Waals surface area contributed by atoms with Gasteiger partial charge < -0.3 is 0 Å². The van der Waals surface area contributed by atoms with Crippen molar-refractivity contribution in [2.75, 3.05) is 0 Å². The third kappa shape index (κ3) is 3.59. The average molecular weight is 370 g/mol. The van der Waals surface area contributed by atoms with Gasteiger partial charge in [-0.1, -0.05) is 83.9 Å². The number of benzene rings is 4. The average Bonchev–Trinajstić information content (AvgIpc) is 2.69. The highest BCUT2D eigenvalue weighted by Crippen LogP contribution is 2.31. The fourth-order valence-corrected chi connectivity index (χ4v) is 3.32. The second kappa shape index (κ2) is 7.40. The van der Waals surface area contributed by atoms with Crippen LogP contribution in [0.3, 0.4) is 0 Å². The molecule has 4 aromatic rings. The summed E-state index contributed by atoms with van der Waals surface area (Å²) >= 11 is 0. The van der Waals surface area contributed by atoms with Gasteiger partial charge in [-0.05, 0) is 48.2 Å². The Morgan fingerprint density at radius 3 is 1.07 bits per heavy atom. The van der Waals surface area contributed by atoms with E-state index in [0.717, 1.165) is 22.3 Å². The molecular weight excluding hydrogens is 350 g/mol. The lowest BCUT2D eigenvalue weighted by atomic mass is 9.96. The fraction of sp³-hybridized carbons (Fsp3) is 0.0769. The molecule has 0 N–H and O–H groups in total. The molecule has 0 saturated carbocycles. The fourth-order valence-electron chi connectivity index (χ4n) is 3.32. The Morgan fingerprint density at radius 1 is 0.429 bits per heavy atom. The Kier molecular flexibility index (Phi) is 4.79. The summed E-state index contributed by atoms with van der Waals surface area (Å²) in [6.07, 6.45) is 0. The molecule has 0 aliphatic heterocycles. The minimum Gasteiger partial charge on any atom is -0.206 e. The first kappa shape index (κ1) is 18.1. The van der Waals surface area contributed by atoms with Crippen LogP contribution in [0.25, 0.3) is 33.4 Å². The Morgan fingerprint density at radius 2 is 0.750 bits per heavy atom. The van der Waals surface area contributed by atoms with Crippen LogP contribution in [-0.2, 0) is 0 Å². The van der Waals surface area contributed by atoms with Gasteiger partial charge in [0.25, 0.3) is 0 Å². The second-order valence-corrected chi connectivity index (χ2v) is 7.12. The molecule has 0 aliphatic carbocycles. The highest BCUT2D eigenvalue weighted by molar-refractivity contribution is 5.74. The molecule has 0 fully saturated rings. The summed E-state index contributed by atoms with van der Waals surface area (Å²) in [5, 5.41) is 0. The molecule has 0 bridgehead atoms. The van der Waals surface area contributed by atoms with E-state index in [1.807, 2.05) is 74.5 Å². The van der Waals surface area contributed by atoms with Crippen molar-refractivity contribution in [1.82, 2.24) is 0 Å². The van der Waals surface area contributed by atoms with E-state index in [2.05, 4.69) is 0 Å². The van der Waals surface area contributed by atoms with E-state index in [-0.39, 0.29) is 11.6 Å². The third-order valence-electron chi connectivity index (χ3n) is 5.00. The molecule has 0 aromatic heterocycles. The lowest BCUT2D eigenvalue weighted by Gasteiger charge is -2.10. The zero-order chi connectivity index (χ0) is 19.7. The molecule has 0 amide bonds. The molecule has 0 radical (unpaired) electrons. The van der Waals surface area contributed by atoms with Gasteiger partial charge in [0, 0.05) is 11.1 Å². The van der Waals surface area contributed by atoms with E-state index in [4.69, 9.17) is 0 Å². The zero-order valence-corrected chi connectivity index (χ0v) is 15.8. The lowest BCUT2D eigenvalue weighted by Crippen LogP contribution is -1.89. The second-order valence-electron chi connectivity index (χ2n) is 7.12. The van der Waals surface area contributed by atoms with Gasteiger partial charge in [-0.2, -0.15) is 0 Å². The smallest absolute Gasteiger partial charge is 0.131 e. The Hall–Kier alpha value is -3.26. The molecule has 138 valence electrons. The first-order valence-corrected chi connectivity index (χ1v) is 9.25. The summed E-state index contributed by atoms with van der Waals surface area (Å²) in [7, 11) is 0. The van der Waals surface area contributed by atoms with Crippen LogP contribution in [0.15, 0.2) is 84.9 Å². The molecule has 4 aromatic carbocycles. The third-order valence-corrected chi connectivity index (χ3v) is 5.00. The van der Waals surface area contributed by atoms with Crippen LogP contribution in [0, 0.1) is 25.5 Å². The summed E-state index contributed by atoms with van der Waals surface area (Å²) in [6.45, 7) is 4.00. The molecular formula is C26H20F2. The maximum atomic E-state index is 14.7. The number of hydrogen-bond acceptors (Lipinski definition) is 0. The molecule has 0 saturated heterocycles. The van der Waals surface area contributed by atoms with E-state index >= 15 is 0 Å². The molecule has 0 nitrogen and oxygen atoms in total. The molecule has 0 spiro atoms. The molecule has 2 heteroatoms. The van der Waals surface area contributed by atoms with Gasteiger partial charge in [0.2, 0.25) is 0 Å². The van der Waals surface area contributed by atoms with Crippen LogP contribution in [0.4, 0.5) is 8.78 Å². The number of aryl methyl sites for hydroxylation is 2. The van der Waals surface area contributed by atoms with E-state index in [1.165, 1.54) is 12.1 Å². The van der Waals surface area contributed by atoms with Crippen molar-refractivity contribution < 1.29 is 8.78 Å². The van der Waals surface area contributed by atoms with Gasteiger partial charge in [-0.3, -0.25) is 0 Å². The van der Waals surface area contributed by atoms with Crippen LogP contribution >= 0.6 is 0 Å². The zero-order valence-electron chi connectivity index (χ0n) is 15.8. The summed E-state index contributed by atoms with van der Waals surface area (Å²) in [5.74, 6) is -0.631. The first-order chi connectivity index (χ1) is 13.5. The van der Waals surface area contributed by atoms with Crippen molar-refractivity contribution in [2.24, 2.45) is 0 Å². The van der Waals surface area contributed by atoms with Crippen molar-refractivity contribution in [1.29, 1.82) is 0 Å². The van der Waals surface area contributed by atoms with Gasteiger partial charge in [0.05, 0.1) is 0 Å². The van der Waals surface area contributed by atoms with Gasteiger partial charge in [0.1, 0.15) is 11.6 Å². The van der Waals surface area contributed by atoms with E-state index < -0.39 is 0 Å². The van der Waals surface area contributed by atoms with Crippen molar-refractivity contribution in [2.45, 2.75) is 13.8 Å². The molecule has 0 aliphatic rings. The predicted molar refractivity (Wildman–Crippen MR) is 112 cm³/mol. The number of hydrogen-bond donors (Lipinski definition) is 0. The maximum Gasteiger partial charge on any atom is 0.131 e. The largest absolute Gasteiger partial charge is 0.206 e. The van der Waals surface area contributed by atoms with E-state index in [0.29, 0.717) is 22.3 Å². The van der Waals surface area contributed by atoms with Gasteiger partial charge in [0.15, 0.2) is 0 Å². The van der Waals surface area contributed by atoms with Crippen molar-refractivity contribution in [3.8, 4) is 33.4 Å². The first-order valence-electron chi connectivity index (χ1n) is 9.25. The summed E-state index contributed by atoms with van der Waals surface area (Å²) in [6, 6.07) is 25.6. The van der Waals surface area contributed by atoms with Crippen LogP contribution in [0.1, 0.15) is 11.1 Å². The van der Waals surface area contributed by atoms with E-state index in [1.54, 1.807) is 12.1 Å². The Bertz CT molecular complexity index is 1030. The highest BCUT2D eigenvalue weighted by Gasteiger charge is 2.10. The van der Waals surface area contributed by atoms with Crippen molar-refractivity contribution >= 4 is 0 Å². The van der Waals surface area contributed by atoms with Gasteiger partial charge in [-0.15, -0.1) is 0 Å². The summed E-state index contributed by atoms with van der Waals surface area (Å²) < 4.78 is 29.4.